The summed E-state index contributed by atoms with van der Waals surface area (Å²) in [6, 6.07) is -0.0437. The van der Waals surface area contributed by atoms with Crippen molar-refractivity contribution in [3.63, 3.8) is 0 Å². The fraction of sp³-hybridized carbons (Fsp3) is 0.714. The number of hydrogen-bond acceptors (Lipinski definition) is 12. The van der Waals surface area contributed by atoms with Crippen molar-refractivity contribution in [1.29, 1.82) is 0 Å². The van der Waals surface area contributed by atoms with Crippen LogP contribution in [0.1, 0.15) is 135 Å². The zero-order chi connectivity index (χ0) is 50.7. The van der Waals surface area contributed by atoms with Crippen molar-refractivity contribution in [3.05, 3.63) is 35.9 Å². The summed E-state index contributed by atoms with van der Waals surface area (Å²) in [5.41, 5.74) is 11.8. The lowest BCUT2D eigenvalue weighted by Gasteiger charge is -2.30. The van der Waals surface area contributed by atoms with Crippen molar-refractivity contribution in [2.45, 2.75) is 185 Å². The molecule has 2 saturated heterocycles. The molecule has 0 aliphatic carbocycles. The van der Waals surface area contributed by atoms with E-state index in [1.165, 1.54) is 4.90 Å². The van der Waals surface area contributed by atoms with Crippen LogP contribution in [0.5, 0.6) is 0 Å². The van der Waals surface area contributed by atoms with Crippen molar-refractivity contribution < 1.29 is 48.6 Å². The number of carbonyl (C=O) groups excluding carboxylic acids is 8. The number of likely N-dealkylation sites (tertiary alicyclic amines) is 1. The molecule has 0 aromatic heterocycles. The number of carbonyl (C=O) groups is 8. The van der Waals surface area contributed by atoms with Crippen molar-refractivity contribution in [1.82, 2.24) is 42.1 Å². The van der Waals surface area contributed by atoms with Crippen molar-refractivity contribution in [2.24, 2.45) is 17.4 Å². The van der Waals surface area contributed by atoms with Gasteiger partial charge in [0.1, 0.15) is 42.3 Å². The van der Waals surface area contributed by atoms with Gasteiger partial charge in [0.15, 0.2) is 0 Å². The molecule has 1 aromatic rings. The number of benzene rings is 1. The molecular weight excluding hydrogens is 889 g/mol. The van der Waals surface area contributed by atoms with Gasteiger partial charge in [-0.1, -0.05) is 102 Å². The van der Waals surface area contributed by atoms with E-state index in [-0.39, 0.29) is 44.6 Å². The van der Waals surface area contributed by atoms with Gasteiger partial charge >= 0.3 is 0 Å². The smallest absolute Gasteiger partial charge is 0.248 e. The number of nitrogens with zero attached hydrogens (tertiary/aromatic N) is 1. The van der Waals surface area contributed by atoms with Gasteiger partial charge in [0, 0.05) is 13.0 Å². The van der Waals surface area contributed by atoms with Crippen LogP contribution < -0.4 is 48.7 Å². The van der Waals surface area contributed by atoms with Crippen LogP contribution in [-0.2, 0) is 44.8 Å². The van der Waals surface area contributed by atoms with Gasteiger partial charge in [0.05, 0.1) is 19.3 Å². The maximum atomic E-state index is 14.4. The van der Waals surface area contributed by atoms with E-state index in [2.05, 4.69) is 44.1 Å². The van der Waals surface area contributed by atoms with Gasteiger partial charge in [-0.05, 0) is 82.4 Å². The van der Waals surface area contributed by atoms with E-state index in [0.717, 1.165) is 51.4 Å². The molecule has 20 heteroatoms. The van der Waals surface area contributed by atoms with Gasteiger partial charge in [-0.3, -0.25) is 38.4 Å². The predicted octanol–water partition coefficient (Wildman–Crippen LogP) is 0.0567. The third-order valence-electron chi connectivity index (χ3n) is 12.7. The Hall–Kier alpha value is -5.18. The van der Waals surface area contributed by atoms with Crippen LogP contribution in [0.25, 0.3) is 0 Å². The summed E-state index contributed by atoms with van der Waals surface area (Å²) in [5.74, 6) is -5.59. The number of nitrogens with one attached hydrogen (secondary N) is 7. The Morgan fingerprint density at radius 2 is 1.20 bits per heavy atom. The Morgan fingerprint density at radius 3 is 1.81 bits per heavy atom. The minimum absolute atomic E-state index is 0.00361. The molecule has 0 spiro atoms. The van der Waals surface area contributed by atoms with Crippen molar-refractivity contribution in [2.75, 3.05) is 32.8 Å². The highest BCUT2D eigenvalue weighted by Gasteiger charge is 2.40. The van der Waals surface area contributed by atoms with E-state index >= 15 is 0 Å². The number of hydrogen-bond donors (Lipinski definition) is 11. The van der Waals surface area contributed by atoms with Crippen LogP contribution in [0.15, 0.2) is 30.3 Å². The predicted molar refractivity (Wildman–Crippen MR) is 260 cm³/mol. The monoisotopic (exact) mass is 971 g/mol. The molecule has 3 rings (SSSR count). The number of aliphatic hydroxyl groups excluding tert-OH is 2. The molecular formula is C49H82N10O10. The van der Waals surface area contributed by atoms with Gasteiger partial charge in [-0.25, -0.2) is 0 Å². The maximum absolute atomic E-state index is 14.4. The second kappa shape index (κ2) is 31.9. The summed E-state index contributed by atoms with van der Waals surface area (Å²) in [4.78, 5) is 110. The summed E-state index contributed by atoms with van der Waals surface area (Å²) >= 11 is 0. The number of primary amides is 1. The van der Waals surface area contributed by atoms with Gasteiger partial charge in [-0.2, -0.15) is 0 Å². The largest absolute Gasteiger partial charge is 0.394 e. The number of aliphatic hydroxyl groups is 2. The second-order valence-corrected chi connectivity index (χ2v) is 18.8. The van der Waals surface area contributed by atoms with E-state index in [9.17, 15) is 48.6 Å². The molecule has 8 amide bonds. The highest BCUT2D eigenvalue weighted by Crippen LogP contribution is 2.20. The average Bonchev–Trinajstić information content (AvgIpc) is 4.06. The molecule has 0 radical (unpaired) electrons. The summed E-state index contributed by atoms with van der Waals surface area (Å²) in [5, 5.41) is 39.7. The van der Waals surface area contributed by atoms with Crippen LogP contribution >= 0.6 is 0 Å². The Kier molecular flexibility index (Phi) is 26.8. The first-order valence-corrected chi connectivity index (χ1v) is 25.2. The van der Waals surface area contributed by atoms with E-state index in [0.29, 0.717) is 50.8 Å². The zero-order valence-corrected chi connectivity index (χ0v) is 41.1. The van der Waals surface area contributed by atoms with E-state index in [1.54, 1.807) is 30.3 Å². The molecule has 13 N–H and O–H groups in total. The average molecular weight is 971 g/mol. The first-order chi connectivity index (χ1) is 33.1. The fourth-order valence-corrected chi connectivity index (χ4v) is 8.71. The summed E-state index contributed by atoms with van der Waals surface area (Å²) in [6.45, 7) is 5.49. The van der Waals surface area contributed by atoms with Gasteiger partial charge in [-0.15, -0.1) is 0 Å². The van der Waals surface area contributed by atoms with Crippen LogP contribution in [-0.4, -0.2) is 144 Å². The second-order valence-electron chi connectivity index (χ2n) is 18.8. The Morgan fingerprint density at radius 1 is 0.652 bits per heavy atom. The first kappa shape index (κ1) is 58.1. The maximum Gasteiger partial charge on any atom is 0.248 e. The lowest BCUT2D eigenvalue weighted by Crippen LogP contribution is -2.61. The molecule has 2 heterocycles. The summed E-state index contributed by atoms with van der Waals surface area (Å²) in [7, 11) is 0. The van der Waals surface area contributed by atoms with Gasteiger partial charge in [0.25, 0.3) is 0 Å². The normalized spacial score (nSPS) is 18.3. The standard InChI is InChI=1S/C49H82N10O10/c1-4-5-6-7-8-9-10-14-22-36(54-47(67)39(30-60)57-43(63)35-23-17-26-52-35)44(64)56-38(29-33-19-12-11-13-20-33)46(66)55-37(28-32(2)3)45(65)58-40(31-61)49(69)59-27-18-24-41(59)48(68)53-34(42(51)62)21-15-16-25-50/h11-13,19-20,32,34-41,52,60-61H,4-10,14-18,21-31,50H2,1-3H3,(H2,51,62)(H,53,68)(H,54,67)(H,55,66)(H,56,64)(H,57,63)(H,58,65)/t34-,35-,36?,37-,38-,39-,40-,41-/m0/s1. The van der Waals surface area contributed by atoms with Crippen LogP contribution in [0.2, 0.25) is 0 Å². The molecule has 0 saturated carbocycles. The van der Waals surface area contributed by atoms with Crippen LogP contribution in [0.3, 0.4) is 0 Å². The molecule has 69 heavy (non-hydrogen) atoms. The topological polar surface area (TPSA) is 317 Å². The molecule has 0 bridgehead atoms. The molecule has 2 aliphatic heterocycles. The molecule has 388 valence electrons. The van der Waals surface area contributed by atoms with Crippen molar-refractivity contribution in [3.8, 4) is 0 Å². The molecule has 20 nitrogen and oxygen atoms in total. The number of amides is 8. The molecule has 8 atom stereocenters. The minimum Gasteiger partial charge on any atom is -0.394 e. The van der Waals surface area contributed by atoms with Gasteiger partial charge in [0.2, 0.25) is 47.3 Å². The molecule has 1 aromatic carbocycles. The summed E-state index contributed by atoms with van der Waals surface area (Å²) < 4.78 is 0. The highest BCUT2D eigenvalue weighted by molar-refractivity contribution is 5.98. The summed E-state index contributed by atoms with van der Waals surface area (Å²) in [6.07, 6.45) is 11.7. The van der Waals surface area contributed by atoms with E-state index in [4.69, 9.17) is 11.5 Å². The van der Waals surface area contributed by atoms with Crippen LogP contribution in [0.4, 0.5) is 0 Å². The van der Waals surface area contributed by atoms with Crippen LogP contribution in [0, 0.1) is 5.92 Å². The lowest BCUT2D eigenvalue weighted by molar-refractivity contribution is -0.143. The lowest BCUT2D eigenvalue weighted by atomic mass is 10.00. The Bertz CT molecular complexity index is 1780. The highest BCUT2D eigenvalue weighted by atomic mass is 16.3. The van der Waals surface area contributed by atoms with Gasteiger partial charge < -0.3 is 63.8 Å². The number of rotatable bonds is 33. The van der Waals surface area contributed by atoms with E-state index in [1.807, 2.05) is 13.8 Å². The third-order valence-corrected chi connectivity index (χ3v) is 12.7. The zero-order valence-electron chi connectivity index (χ0n) is 41.1. The number of nitrogens with two attached hydrogens (primary N) is 2. The Balaban J connectivity index is 1.81. The van der Waals surface area contributed by atoms with Crippen molar-refractivity contribution >= 4 is 47.3 Å². The molecule has 2 fully saturated rings. The van der Waals surface area contributed by atoms with E-state index < -0.39 is 109 Å². The first-order valence-electron chi connectivity index (χ1n) is 25.2. The quantitative estimate of drug-likeness (QED) is 0.0417. The minimum atomic E-state index is -1.49. The third kappa shape index (κ3) is 20.4. The SMILES string of the molecule is CCCCCCCCCCC(NC(=O)[C@H](CO)NC(=O)[C@@H]1CCCN1)C(=O)N[C@@H](Cc1ccccc1)C(=O)N[C@@H](CC(C)C)C(=O)N[C@@H](CO)C(=O)N1CCC[C@H]1C(=O)N[C@@H](CCCCN)C(N)=O. The molecule has 1 unspecified atom stereocenters. The molecule has 2 aliphatic rings. The Labute approximate surface area is 407 Å². The fourth-order valence-electron chi connectivity index (χ4n) is 8.71. The number of unbranched alkanes of at least 4 members (excludes halogenated alkanes) is 8.